The number of aryl methyl sites for hydroxylation is 2. The van der Waals surface area contributed by atoms with Gasteiger partial charge in [0.25, 0.3) is 0 Å². The summed E-state index contributed by atoms with van der Waals surface area (Å²) in [4.78, 5) is 26.6. The van der Waals surface area contributed by atoms with Gasteiger partial charge in [-0.05, 0) is 69.1 Å². The Hall–Kier alpha value is -2.66. The number of anilines is 2. The molecule has 5 nitrogen and oxygen atoms in total. The number of nitrogens with zero attached hydrogens (tertiary/aromatic N) is 1. The number of benzene rings is 2. The fourth-order valence-electron chi connectivity index (χ4n) is 2.71. The fraction of sp³-hybridized carbons (Fsp3) is 0.364. The Bertz CT molecular complexity index is 800. The molecule has 0 heterocycles. The summed E-state index contributed by atoms with van der Waals surface area (Å²) < 4.78 is 0. The highest BCUT2D eigenvalue weighted by atomic mass is 16.2. The van der Waals surface area contributed by atoms with E-state index >= 15 is 0 Å². The summed E-state index contributed by atoms with van der Waals surface area (Å²) in [6.07, 6.45) is 0.961. The van der Waals surface area contributed by atoms with Crippen LogP contribution in [-0.4, -0.2) is 36.3 Å². The molecule has 5 heteroatoms. The molecular weight excluding hydrogens is 338 g/mol. The van der Waals surface area contributed by atoms with Crippen molar-refractivity contribution in [3.63, 3.8) is 0 Å². The Morgan fingerprint density at radius 3 is 2.33 bits per heavy atom. The van der Waals surface area contributed by atoms with Gasteiger partial charge in [0.1, 0.15) is 0 Å². The number of nitrogens with one attached hydrogen (secondary N) is 2. The van der Waals surface area contributed by atoms with Crippen LogP contribution in [0.1, 0.15) is 30.5 Å². The van der Waals surface area contributed by atoms with Crippen molar-refractivity contribution in [3.8, 4) is 0 Å². The summed E-state index contributed by atoms with van der Waals surface area (Å²) in [5.41, 5.74) is 4.97. The topological polar surface area (TPSA) is 61.4 Å². The molecule has 144 valence electrons. The summed E-state index contributed by atoms with van der Waals surface area (Å²) in [6.45, 7) is 8.01. The van der Waals surface area contributed by atoms with Gasteiger partial charge in [0.15, 0.2) is 0 Å². The zero-order valence-corrected chi connectivity index (χ0v) is 16.8. The second kappa shape index (κ2) is 9.33. The van der Waals surface area contributed by atoms with Crippen molar-refractivity contribution in [1.82, 2.24) is 4.90 Å². The molecule has 0 aliphatic rings. The van der Waals surface area contributed by atoms with E-state index in [9.17, 15) is 9.59 Å². The lowest BCUT2D eigenvalue weighted by Crippen LogP contribution is -2.43. The molecule has 1 atom stereocenters. The number of hydrogen-bond donors (Lipinski definition) is 2. The fourth-order valence-corrected chi connectivity index (χ4v) is 2.71. The van der Waals surface area contributed by atoms with Crippen molar-refractivity contribution < 1.29 is 9.59 Å². The smallest absolute Gasteiger partial charge is 0.241 e. The standard InChI is InChI=1S/C22H29N3O2/c1-6-18-10-12-19(13-11-18)23-22(27)17(4)25(5)14-21(26)24-20-9-7-8-15(2)16(20)3/h7-13,17H,6,14H2,1-5H3,(H,23,27)(H,24,26). The average molecular weight is 367 g/mol. The first-order valence-corrected chi connectivity index (χ1v) is 9.28. The summed E-state index contributed by atoms with van der Waals surface area (Å²) in [6, 6.07) is 13.2. The highest BCUT2D eigenvalue weighted by Gasteiger charge is 2.20. The van der Waals surface area contributed by atoms with Gasteiger partial charge in [-0.25, -0.2) is 0 Å². The zero-order chi connectivity index (χ0) is 20.0. The molecule has 0 bridgehead atoms. The van der Waals surface area contributed by atoms with Crippen molar-refractivity contribution in [2.75, 3.05) is 24.2 Å². The van der Waals surface area contributed by atoms with Gasteiger partial charge < -0.3 is 10.6 Å². The Kier molecular flexibility index (Phi) is 7.13. The lowest BCUT2D eigenvalue weighted by Gasteiger charge is -2.23. The SMILES string of the molecule is CCc1ccc(NC(=O)C(C)N(C)CC(=O)Nc2cccc(C)c2C)cc1. The van der Waals surface area contributed by atoms with Crippen LogP contribution in [0, 0.1) is 13.8 Å². The molecule has 0 saturated heterocycles. The molecule has 0 aliphatic carbocycles. The van der Waals surface area contributed by atoms with Crippen LogP contribution < -0.4 is 10.6 Å². The van der Waals surface area contributed by atoms with E-state index in [0.29, 0.717) is 0 Å². The predicted molar refractivity (Wildman–Crippen MR) is 111 cm³/mol. The molecule has 0 fully saturated rings. The number of rotatable bonds is 7. The third-order valence-electron chi connectivity index (χ3n) is 4.94. The molecule has 0 aliphatic heterocycles. The van der Waals surface area contributed by atoms with Gasteiger partial charge in [-0.15, -0.1) is 0 Å². The van der Waals surface area contributed by atoms with E-state index < -0.39 is 6.04 Å². The summed E-state index contributed by atoms with van der Waals surface area (Å²) in [5.74, 6) is -0.278. The minimum atomic E-state index is -0.430. The molecule has 2 amide bonds. The van der Waals surface area contributed by atoms with Crippen molar-refractivity contribution >= 4 is 23.2 Å². The average Bonchev–Trinajstić information content (AvgIpc) is 2.65. The third-order valence-corrected chi connectivity index (χ3v) is 4.94. The van der Waals surface area contributed by atoms with Crippen LogP contribution in [-0.2, 0) is 16.0 Å². The quantitative estimate of drug-likeness (QED) is 0.783. The maximum absolute atomic E-state index is 12.5. The van der Waals surface area contributed by atoms with Crippen LogP contribution in [0.4, 0.5) is 11.4 Å². The van der Waals surface area contributed by atoms with Gasteiger partial charge in [0, 0.05) is 11.4 Å². The van der Waals surface area contributed by atoms with E-state index in [1.807, 2.05) is 56.3 Å². The Balaban J connectivity index is 1.91. The number of carbonyl (C=O) groups is 2. The second-order valence-corrected chi connectivity index (χ2v) is 6.93. The predicted octanol–water partition coefficient (Wildman–Crippen LogP) is 3.76. The van der Waals surface area contributed by atoms with Gasteiger partial charge in [0.2, 0.25) is 11.8 Å². The number of likely N-dealkylation sites (N-methyl/N-ethyl adjacent to an activating group) is 1. The largest absolute Gasteiger partial charge is 0.325 e. The summed E-state index contributed by atoms with van der Waals surface area (Å²) in [5, 5.41) is 5.83. The van der Waals surface area contributed by atoms with Gasteiger partial charge in [0.05, 0.1) is 12.6 Å². The first-order valence-electron chi connectivity index (χ1n) is 9.28. The van der Waals surface area contributed by atoms with Crippen LogP contribution >= 0.6 is 0 Å². The lowest BCUT2D eigenvalue weighted by molar-refractivity contribution is -0.122. The van der Waals surface area contributed by atoms with E-state index in [4.69, 9.17) is 0 Å². The van der Waals surface area contributed by atoms with Gasteiger partial charge in [-0.2, -0.15) is 0 Å². The molecule has 0 radical (unpaired) electrons. The third kappa shape index (κ3) is 5.66. The van der Waals surface area contributed by atoms with Crippen molar-refractivity contribution in [2.24, 2.45) is 0 Å². The van der Waals surface area contributed by atoms with Crippen molar-refractivity contribution in [3.05, 3.63) is 59.2 Å². The number of carbonyl (C=O) groups excluding carboxylic acids is 2. The van der Waals surface area contributed by atoms with E-state index in [1.165, 1.54) is 5.56 Å². The van der Waals surface area contributed by atoms with Gasteiger partial charge in [-0.3, -0.25) is 14.5 Å². The molecule has 0 spiro atoms. The zero-order valence-electron chi connectivity index (χ0n) is 16.8. The van der Waals surface area contributed by atoms with Crippen molar-refractivity contribution in [1.29, 1.82) is 0 Å². The van der Waals surface area contributed by atoms with E-state index in [-0.39, 0.29) is 18.4 Å². The molecule has 2 aromatic rings. The first-order chi connectivity index (χ1) is 12.8. The maximum Gasteiger partial charge on any atom is 0.241 e. The van der Waals surface area contributed by atoms with Gasteiger partial charge in [-0.1, -0.05) is 31.2 Å². The number of hydrogen-bond acceptors (Lipinski definition) is 3. The second-order valence-electron chi connectivity index (χ2n) is 6.93. The Morgan fingerprint density at radius 1 is 1.04 bits per heavy atom. The molecular formula is C22H29N3O2. The molecule has 2 rings (SSSR count). The molecule has 1 unspecified atom stereocenters. The molecule has 0 saturated carbocycles. The van der Waals surface area contributed by atoms with Crippen molar-refractivity contribution in [2.45, 2.75) is 40.2 Å². The first kappa shape index (κ1) is 20.6. The molecule has 2 N–H and O–H groups in total. The van der Waals surface area contributed by atoms with E-state index in [0.717, 1.165) is 28.9 Å². The lowest BCUT2D eigenvalue weighted by atomic mass is 10.1. The van der Waals surface area contributed by atoms with Crippen LogP contribution in [0.3, 0.4) is 0 Å². The minimum absolute atomic E-state index is 0.136. The van der Waals surface area contributed by atoms with Crippen LogP contribution in [0.2, 0.25) is 0 Å². The van der Waals surface area contributed by atoms with E-state index in [2.05, 4.69) is 17.6 Å². The Labute approximate surface area is 161 Å². The highest BCUT2D eigenvalue weighted by Crippen LogP contribution is 2.18. The van der Waals surface area contributed by atoms with Crippen LogP contribution in [0.25, 0.3) is 0 Å². The van der Waals surface area contributed by atoms with Crippen LogP contribution in [0.5, 0.6) is 0 Å². The van der Waals surface area contributed by atoms with E-state index in [1.54, 1.807) is 18.9 Å². The Morgan fingerprint density at radius 2 is 1.70 bits per heavy atom. The van der Waals surface area contributed by atoms with Gasteiger partial charge >= 0.3 is 0 Å². The summed E-state index contributed by atoms with van der Waals surface area (Å²) in [7, 11) is 1.77. The maximum atomic E-state index is 12.5. The minimum Gasteiger partial charge on any atom is -0.325 e. The number of amides is 2. The molecule has 27 heavy (non-hydrogen) atoms. The normalized spacial score (nSPS) is 11.9. The molecule has 2 aromatic carbocycles. The summed E-state index contributed by atoms with van der Waals surface area (Å²) >= 11 is 0. The monoisotopic (exact) mass is 367 g/mol. The van der Waals surface area contributed by atoms with Crippen LogP contribution in [0.15, 0.2) is 42.5 Å². The highest BCUT2D eigenvalue weighted by molar-refractivity contribution is 5.96. The molecule has 0 aromatic heterocycles.